The van der Waals surface area contributed by atoms with Crippen LogP contribution >= 0.6 is 0 Å². The maximum Gasteiger partial charge on any atom is 0.0771 e. The molecule has 15 heavy (non-hydrogen) atoms. The summed E-state index contributed by atoms with van der Waals surface area (Å²) in [5.74, 6) is 0. The summed E-state index contributed by atoms with van der Waals surface area (Å²) in [5, 5.41) is 13.2. The van der Waals surface area contributed by atoms with Gasteiger partial charge in [0.15, 0.2) is 0 Å². The number of nitrogens with one attached hydrogen (secondary N) is 1. The lowest BCUT2D eigenvalue weighted by molar-refractivity contribution is -0.0311. The standard InChI is InChI=1S/C13H27NO/c1-2-3-4-5-6-7-11-14-12-13(15)9-8-10-13/h14-15H,2-12H2,1H3. The molecule has 0 aromatic heterocycles. The summed E-state index contributed by atoms with van der Waals surface area (Å²) in [5.41, 5.74) is -0.345. The van der Waals surface area contributed by atoms with Gasteiger partial charge >= 0.3 is 0 Å². The lowest BCUT2D eigenvalue weighted by Crippen LogP contribution is -2.46. The summed E-state index contributed by atoms with van der Waals surface area (Å²) < 4.78 is 0. The number of unbranched alkanes of at least 4 members (excludes halogenated alkanes) is 5. The average molecular weight is 213 g/mol. The molecule has 1 fully saturated rings. The van der Waals surface area contributed by atoms with E-state index in [1.807, 2.05) is 0 Å². The van der Waals surface area contributed by atoms with Crippen LogP contribution in [-0.4, -0.2) is 23.8 Å². The number of hydrogen-bond donors (Lipinski definition) is 2. The SMILES string of the molecule is CCCCCCCCNCC1(O)CCC1. The first-order valence-electron chi connectivity index (χ1n) is 6.70. The largest absolute Gasteiger partial charge is 0.389 e. The third-order valence-electron chi connectivity index (χ3n) is 3.45. The van der Waals surface area contributed by atoms with Crippen molar-refractivity contribution in [1.29, 1.82) is 0 Å². The third-order valence-corrected chi connectivity index (χ3v) is 3.45. The quantitative estimate of drug-likeness (QED) is 0.577. The third kappa shape index (κ3) is 5.53. The van der Waals surface area contributed by atoms with E-state index in [-0.39, 0.29) is 5.60 Å². The highest BCUT2D eigenvalue weighted by molar-refractivity contribution is 4.89. The van der Waals surface area contributed by atoms with Crippen molar-refractivity contribution in [2.45, 2.75) is 70.3 Å². The normalized spacial score (nSPS) is 18.8. The van der Waals surface area contributed by atoms with E-state index in [9.17, 15) is 5.11 Å². The van der Waals surface area contributed by atoms with E-state index in [0.29, 0.717) is 0 Å². The molecule has 90 valence electrons. The second-order valence-electron chi connectivity index (χ2n) is 5.02. The molecule has 0 radical (unpaired) electrons. The minimum atomic E-state index is -0.345. The van der Waals surface area contributed by atoms with Crippen molar-refractivity contribution in [2.75, 3.05) is 13.1 Å². The van der Waals surface area contributed by atoms with Crippen molar-refractivity contribution < 1.29 is 5.11 Å². The van der Waals surface area contributed by atoms with Gasteiger partial charge in [-0.3, -0.25) is 0 Å². The molecule has 1 saturated carbocycles. The first kappa shape index (κ1) is 13.0. The van der Waals surface area contributed by atoms with Crippen LogP contribution in [0.3, 0.4) is 0 Å². The number of rotatable bonds is 9. The van der Waals surface area contributed by atoms with Gasteiger partial charge in [0.2, 0.25) is 0 Å². The molecule has 2 N–H and O–H groups in total. The van der Waals surface area contributed by atoms with E-state index in [0.717, 1.165) is 25.9 Å². The van der Waals surface area contributed by atoms with Crippen molar-refractivity contribution in [3.8, 4) is 0 Å². The Labute approximate surface area is 94.5 Å². The zero-order chi connectivity index (χ0) is 11.0. The van der Waals surface area contributed by atoms with Gasteiger partial charge in [-0.2, -0.15) is 0 Å². The molecule has 1 aliphatic carbocycles. The molecule has 0 unspecified atom stereocenters. The maximum atomic E-state index is 9.82. The monoisotopic (exact) mass is 213 g/mol. The van der Waals surface area contributed by atoms with Gasteiger partial charge in [0.1, 0.15) is 0 Å². The minimum Gasteiger partial charge on any atom is -0.389 e. The van der Waals surface area contributed by atoms with E-state index in [4.69, 9.17) is 0 Å². The van der Waals surface area contributed by atoms with E-state index in [1.54, 1.807) is 0 Å². The van der Waals surface area contributed by atoms with Crippen LogP contribution < -0.4 is 5.32 Å². The first-order valence-corrected chi connectivity index (χ1v) is 6.70. The maximum absolute atomic E-state index is 9.82. The Morgan fingerprint density at radius 1 is 1.07 bits per heavy atom. The molecule has 0 aliphatic heterocycles. The molecule has 0 amide bonds. The fourth-order valence-corrected chi connectivity index (χ4v) is 2.11. The van der Waals surface area contributed by atoms with Gasteiger partial charge in [0, 0.05) is 6.54 Å². The van der Waals surface area contributed by atoms with Gasteiger partial charge in [-0.25, -0.2) is 0 Å². The molecule has 2 heteroatoms. The van der Waals surface area contributed by atoms with E-state index in [2.05, 4.69) is 12.2 Å². The molecule has 0 heterocycles. The van der Waals surface area contributed by atoms with Crippen molar-refractivity contribution in [1.82, 2.24) is 5.32 Å². The van der Waals surface area contributed by atoms with Crippen molar-refractivity contribution >= 4 is 0 Å². The van der Waals surface area contributed by atoms with Crippen LogP contribution in [0.2, 0.25) is 0 Å². The fourth-order valence-electron chi connectivity index (χ4n) is 2.11. The Hall–Kier alpha value is -0.0800. The van der Waals surface area contributed by atoms with Crippen LogP contribution in [0.4, 0.5) is 0 Å². The summed E-state index contributed by atoms with van der Waals surface area (Å²) in [6.45, 7) is 4.14. The fraction of sp³-hybridized carbons (Fsp3) is 1.00. The molecule has 0 spiro atoms. The van der Waals surface area contributed by atoms with Crippen molar-refractivity contribution in [3.05, 3.63) is 0 Å². The lowest BCUT2D eigenvalue weighted by atomic mass is 9.80. The van der Waals surface area contributed by atoms with Gasteiger partial charge in [-0.1, -0.05) is 39.0 Å². The summed E-state index contributed by atoms with van der Waals surface area (Å²) in [6, 6.07) is 0. The summed E-state index contributed by atoms with van der Waals surface area (Å²) in [6.07, 6.45) is 11.3. The van der Waals surface area contributed by atoms with Gasteiger partial charge in [-0.15, -0.1) is 0 Å². The first-order chi connectivity index (χ1) is 7.27. The Balaban J connectivity index is 1.77. The van der Waals surface area contributed by atoms with Gasteiger partial charge in [0.25, 0.3) is 0 Å². The molecule has 0 atom stereocenters. The second kappa shape index (κ2) is 7.24. The molecule has 0 aromatic carbocycles. The van der Waals surface area contributed by atoms with E-state index in [1.165, 1.54) is 44.9 Å². The van der Waals surface area contributed by atoms with E-state index < -0.39 is 0 Å². The van der Waals surface area contributed by atoms with Crippen molar-refractivity contribution in [3.63, 3.8) is 0 Å². The van der Waals surface area contributed by atoms with Crippen LogP contribution in [0.25, 0.3) is 0 Å². The zero-order valence-electron chi connectivity index (χ0n) is 10.2. The molecule has 0 aromatic rings. The zero-order valence-corrected chi connectivity index (χ0v) is 10.2. The Morgan fingerprint density at radius 2 is 1.73 bits per heavy atom. The lowest BCUT2D eigenvalue weighted by Gasteiger charge is -2.36. The Bertz CT molecular complexity index is 155. The molecular formula is C13H27NO. The van der Waals surface area contributed by atoms with Gasteiger partial charge < -0.3 is 10.4 Å². The average Bonchev–Trinajstić information content (AvgIpc) is 2.19. The van der Waals surface area contributed by atoms with Crippen molar-refractivity contribution in [2.24, 2.45) is 0 Å². The Kier molecular flexibility index (Phi) is 6.26. The Morgan fingerprint density at radius 3 is 2.33 bits per heavy atom. The van der Waals surface area contributed by atoms with E-state index >= 15 is 0 Å². The number of aliphatic hydroxyl groups is 1. The molecule has 2 nitrogen and oxygen atoms in total. The summed E-state index contributed by atoms with van der Waals surface area (Å²) in [4.78, 5) is 0. The van der Waals surface area contributed by atoms with Crippen LogP contribution in [0, 0.1) is 0 Å². The molecule has 1 aliphatic rings. The summed E-state index contributed by atoms with van der Waals surface area (Å²) in [7, 11) is 0. The van der Waals surface area contributed by atoms with Crippen LogP contribution in [0.15, 0.2) is 0 Å². The smallest absolute Gasteiger partial charge is 0.0771 e. The molecule has 1 rings (SSSR count). The minimum absolute atomic E-state index is 0.345. The summed E-state index contributed by atoms with van der Waals surface area (Å²) >= 11 is 0. The molecule has 0 saturated heterocycles. The highest BCUT2D eigenvalue weighted by atomic mass is 16.3. The number of hydrogen-bond acceptors (Lipinski definition) is 2. The highest BCUT2D eigenvalue weighted by Gasteiger charge is 2.33. The van der Waals surface area contributed by atoms with Gasteiger partial charge in [0.05, 0.1) is 5.60 Å². The molecular weight excluding hydrogens is 186 g/mol. The topological polar surface area (TPSA) is 32.3 Å². The van der Waals surface area contributed by atoms with Crippen LogP contribution in [0.1, 0.15) is 64.7 Å². The predicted octanol–water partition coefficient (Wildman–Crippen LogP) is 2.85. The second-order valence-corrected chi connectivity index (χ2v) is 5.02. The molecule has 0 bridgehead atoms. The predicted molar refractivity (Wildman–Crippen MR) is 65.0 cm³/mol. The highest BCUT2D eigenvalue weighted by Crippen LogP contribution is 2.30. The van der Waals surface area contributed by atoms with Crippen LogP contribution in [-0.2, 0) is 0 Å². The van der Waals surface area contributed by atoms with Gasteiger partial charge in [-0.05, 0) is 32.2 Å². The van der Waals surface area contributed by atoms with Crippen LogP contribution in [0.5, 0.6) is 0 Å².